The Morgan fingerprint density at radius 1 is 1.40 bits per heavy atom. The van der Waals surface area contributed by atoms with Gasteiger partial charge in [-0.2, -0.15) is 0 Å². The van der Waals surface area contributed by atoms with Crippen LogP contribution >= 0.6 is 0 Å². The van der Waals surface area contributed by atoms with E-state index in [0.29, 0.717) is 18.4 Å². The Hall–Kier alpha value is -1.42. The number of amides is 1. The molecule has 3 nitrogen and oxygen atoms in total. The summed E-state index contributed by atoms with van der Waals surface area (Å²) < 4.78 is 12.9. The van der Waals surface area contributed by atoms with Crippen LogP contribution < -0.4 is 5.32 Å². The zero-order valence-corrected chi connectivity index (χ0v) is 12.4. The van der Waals surface area contributed by atoms with Crippen molar-refractivity contribution in [3.63, 3.8) is 0 Å². The van der Waals surface area contributed by atoms with Gasteiger partial charge in [0.05, 0.1) is 6.42 Å². The Morgan fingerprint density at radius 2 is 2.05 bits per heavy atom. The normalized spacial score (nSPS) is 23.1. The number of halogens is 1. The molecule has 0 aliphatic carbocycles. The van der Waals surface area contributed by atoms with Crippen LogP contribution in [0.3, 0.4) is 0 Å². The zero-order valence-electron chi connectivity index (χ0n) is 12.4. The monoisotopic (exact) mass is 278 g/mol. The van der Waals surface area contributed by atoms with Crippen molar-refractivity contribution in [3.8, 4) is 0 Å². The number of benzene rings is 1. The van der Waals surface area contributed by atoms with Gasteiger partial charge in [-0.25, -0.2) is 4.39 Å². The predicted octanol–water partition coefficient (Wildman–Crippen LogP) is 2.21. The number of carbonyl (C=O) groups is 1. The molecule has 2 rings (SSSR count). The molecule has 2 atom stereocenters. The van der Waals surface area contributed by atoms with Gasteiger partial charge in [-0.1, -0.05) is 26.0 Å². The molecule has 110 valence electrons. The fraction of sp³-hybridized carbons (Fsp3) is 0.562. The number of nitrogens with zero attached hydrogens (tertiary/aromatic N) is 1. The van der Waals surface area contributed by atoms with Crippen molar-refractivity contribution < 1.29 is 9.18 Å². The average Bonchev–Trinajstić information content (AvgIpc) is 2.41. The first-order valence-corrected chi connectivity index (χ1v) is 7.24. The molecule has 0 aromatic heterocycles. The van der Waals surface area contributed by atoms with E-state index in [0.717, 1.165) is 18.7 Å². The molecule has 2 unspecified atom stereocenters. The third-order valence-corrected chi connectivity index (χ3v) is 3.99. The standard InChI is InChI=1S/C16H23FN2O/c1-11(2)15-10-19(12(3)9-18-15)16(20)8-13-4-6-14(17)7-5-13/h4-7,11-12,15,18H,8-10H2,1-3H3. The molecule has 0 saturated carbocycles. The van der Waals surface area contributed by atoms with Crippen LogP contribution in [0.15, 0.2) is 24.3 Å². The summed E-state index contributed by atoms with van der Waals surface area (Å²) in [5.41, 5.74) is 0.864. The Bertz CT molecular complexity index is 458. The van der Waals surface area contributed by atoms with E-state index in [1.807, 2.05) is 4.90 Å². The van der Waals surface area contributed by atoms with Crippen molar-refractivity contribution in [2.24, 2.45) is 5.92 Å². The zero-order chi connectivity index (χ0) is 14.7. The summed E-state index contributed by atoms with van der Waals surface area (Å²) >= 11 is 0. The first kappa shape index (κ1) is 15.0. The maximum absolute atomic E-state index is 12.9. The van der Waals surface area contributed by atoms with E-state index in [1.54, 1.807) is 12.1 Å². The van der Waals surface area contributed by atoms with Crippen molar-refractivity contribution in [1.29, 1.82) is 0 Å². The van der Waals surface area contributed by atoms with Gasteiger partial charge in [0, 0.05) is 25.2 Å². The predicted molar refractivity (Wildman–Crippen MR) is 77.9 cm³/mol. The lowest BCUT2D eigenvalue weighted by atomic mass is 9.99. The number of hydrogen-bond donors (Lipinski definition) is 1. The molecule has 20 heavy (non-hydrogen) atoms. The fourth-order valence-electron chi connectivity index (χ4n) is 2.56. The highest BCUT2D eigenvalue weighted by Crippen LogP contribution is 2.15. The van der Waals surface area contributed by atoms with E-state index in [1.165, 1.54) is 12.1 Å². The molecule has 0 spiro atoms. The van der Waals surface area contributed by atoms with Gasteiger partial charge in [-0.15, -0.1) is 0 Å². The van der Waals surface area contributed by atoms with E-state index < -0.39 is 0 Å². The van der Waals surface area contributed by atoms with Crippen molar-refractivity contribution in [2.75, 3.05) is 13.1 Å². The average molecular weight is 278 g/mol. The number of hydrogen-bond acceptors (Lipinski definition) is 2. The molecule has 1 heterocycles. The topological polar surface area (TPSA) is 32.3 Å². The Balaban J connectivity index is 2.01. The Labute approximate surface area is 120 Å². The molecule has 1 N–H and O–H groups in total. The summed E-state index contributed by atoms with van der Waals surface area (Å²) in [4.78, 5) is 14.4. The van der Waals surface area contributed by atoms with Crippen molar-refractivity contribution in [3.05, 3.63) is 35.6 Å². The van der Waals surface area contributed by atoms with Crippen LogP contribution in [0, 0.1) is 11.7 Å². The minimum absolute atomic E-state index is 0.122. The van der Waals surface area contributed by atoms with Gasteiger partial charge in [-0.05, 0) is 30.5 Å². The lowest BCUT2D eigenvalue weighted by molar-refractivity contribution is -0.134. The molecule has 0 bridgehead atoms. The van der Waals surface area contributed by atoms with Crippen LogP contribution in [0.25, 0.3) is 0 Å². The molecule has 1 saturated heterocycles. The molecule has 1 aromatic carbocycles. The van der Waals surface area contributed by atoms with Crippen LogP contribution in [0.4, 0.5) is 4.39 Å². The van der Waals surface area contributed by atoms with E-state index in [-0.39, 0.29) is 17.8 Å². The highest BCUT2D eigenvalue weighted by atomic mass is 19.1. The van der Waals surface area contributed by atoms with Gasteiger partial charge in [0.15, 0.2) is 0 Å². The summed E-state index contributed by atoms with van der Waals surface area (Å²) in [6.07, 6.45) is 0.343. The van der Waals surface area contributed by atoms with Crippen LogP contribution in [0.1, 0.15) is 26.3 Å². The fourth-order valence-corrected chi connectivity index (χ4v) is 2.56. The van der Waals surface area contributed by atoms with Crippen molar-refractivity contribution in [2.45, 2.75) is 39.3 Å². The van der Waals surface area contributed by atoms with Crippen molar-refractivity contribution in [1.82, 2.24) is 10.2 Å². The second-order valence-corrected chi connectivity index (χ2v) is 5.96. The summed E-state index contributed by atoms with van der Waals surface area (Å²) in [6, 6.07) is 6.72. The molecule has 1 aliphatic heterocycles. The molecular weight excluding hydrogens is 255 g/mol. The van der Waals surface area contributed by atoms with Crippen LogP contribution in [-0.4, -0.2) is 36.0 Å². The maximum atomic E-state index is 12.9. The highest BCUT2D eigenvalue weighted by Gasteiger charge is 2.29. The van der Waals surface area contributed by atoms with E-state index in [2.05, 4.69) is 26.1 Å². The number of carbonyl (C=O) groups excluding carboxylic acids is 1. The van der Waals surface area contributed by atoms with Gasteiger partial charge in [0.25, 0.3) is 0 Å². The molecule has 1 fully saturated rings. The summed E-state index contributed by atoms with van der Waals surface area (Å²) in [6.45, 7) is 7.97. The van der Waals surface area contributed by atoms with Crippen molar-refractivity contribution >= 4 is 5.91 Å². The second-order valence-electron chi connectivity index (χ2n) is 5.96. The third kappa shape index (κ3) is 3.57. The van der Waals surface area contributed by atoms with E-state index in [9.17, 15) is 9.18 Å². The number of piperazine rings is 1. The number of nitrogens with one attached hydrogen (secondary N) is 1. The van der Waals surface area contributed by atoms with E-state index >= 15 is 0 Å². The summed E-state index contributed by atoms with van der Waals surface area (Å²) in [5, 5.41) is 3.48. The minimum atomic E-state index is -0.267. The molecule has 0 radical (unpaired) electrons. The van der Waals surface area contributed by atoms with Crippen LogP contribution in [0.5, 0.6) is 0 Å². The van der Waals surface area contributed by atoms with Crippen LogP contribution in [-0.2, 0) is 11.2 Å². The highest BCUT2D eigenvalue weighted by molar-refractivity contribution is 5.79. The number of rotatable bonds is 3. The first-order chi connectivity index (χ1) is 9.47. The quantitative estimate of drug-likeness (QED) is 0.919. The Kier molecular flexibility index (Phi) is 4.76. The molecular formula is C16H23FN2O. The molecule has 4 heteroatoms. The van der Waals surface area contributed by atoms with Gasteiger partial charge in [0.1, 0.15) is 5.82 Å². The maximum Gasteiger partial charge on any atom is 0.227 e. The third-order valence-electron chi connectivity index (χ3n) is 3.99. The SMILES string of the molecule is CC(C)C1CN(C(=O)Cc2ccc(F)cc2)C(C)CN1. The largest absolute Gasteiger partial charge is 0.337 e. The van der Waals surface area contributed by atoms with Gasteiger partial charge in [-0.3, -0.25) is 4.79 Å². The van der Waals surface area contributed by atoms with Gasteiger partial charge >= 0.3 is 0 Å². The van der Waals surface area contributed by atoms with E-state index in [4.69, 9.17) is 0 Å². The molecule has 1 amide bonds. The summed E-state index contributed by atoms with van der Waals surface area (Å²) in [5.74, 6) is 0.358. The van der Waals surface area contributed by atoms with Gasteiger partial charge in [0.2, 0.25) is 5.91 Å². The molecule has 1 aromatic rings. The second kappa shape index (κ2) is 6.35. The summed E-state index contributed by atoms with van der Waals surface area (Å²) in [7, 11) is 0. The minimum Gasteiger partial charge on any atom is -0.337 e. The van der Waals surface area contributed by atoms with Crippen LogP contribution in [0.2, 0.25) is 0 Å². The lowest BCUT2D eigenvalue weighted by Gasteiger charge is -2.40. The van der Waals surface area contributed by atoms with Gasteiger partial charge < -0.3 is 10.2 Å². The smallest absolute Gasteiger partial charge is 0.227 e. The lowest BCUT2D eigenvalue weighted by Crippen LogP contribution is -2.59. The molecule has 1 aliphatic rings. The Morgan fingerprint density at radius 3 is 2.65 bits per heavy atom. The first-order valence-electron chi connectivity index (χ1n) is 7.24.